The first kappa shape index (κ1) is 13.3. The molecule has 0 spiro atoms. The van der Waals surface area contributed by atoms with E-state index in [1.165, 1.54) is 0 Å². The van der Waals surface area contributed by atoms with E-state index in [-0.39, 0.29) is 12.1 Å². The maximum atomic E-state index is 5.80. The van der Waals surface area contributed by atoms with E-state index in [1.807, 2.05) is 7.05 Å². The van der Waals surface area contributed by atoms with E-state index in [9.17, 15) is 0 Å². The summed E-state index contributed by atoms with van der Waals surface area (Å²) in [7, 11) is 5.57. The van der Waals surface area contributed by atoms with E-state index < -0.39 is 0 Å². The molecule has 2 atom stereocenters. The van der Waals surface area contributed by atoms with Gasteiger partial charge in [0.1, 0.15) is 5.69 Å². The third-order valence-corrected chi connectivity index (χ3v) is 3.31. The zero-order valence-corrected chi connectivity index (χ0v) is 11.1. The van der Waals surface area contributed by atoms with Gasteiger partial charge in [0.05, 0.1) is 32.1 Å². The molecular formula is C11H21N5O2. The summed E-state index contributed by atoms with van der Waals surface area (Å²) >= 11 is 0. The molecule has 1 aliphatic rings. The van der Waals surface area contributed by atoms with Crippen molar-refractivity contribution in [2.45, 2.75) is 12.1 Å². The fourth-order valence-corrected chi connectivity index (χ4v) is 2.31. The molecule has 2 unspecified atom stereocenters. The van der Waals surface area contributed by atoms with Gasteiger partial charge in [-0.1, -0.05) is 0 Å². The topological polar surface area (TPSA) is 77.6 Å². The zero-order chi connectivity index (χ0) is 13.1. The fourth-order valence-electron chi connectivity index (χ4n) is 2.31. The molecule has 0 aliphatic carbocycles. The third-order valence-electron chi connectivity index (χ3n) is 3.31. The highest BCUT2D eigenvalue weighted by Gasteiger charge is 2.31. The third kappa shape index (κ3) is 2.49. The summed E-state index contributed by atoms with van der Waals surface area (Å²) in [6.45, 7) is 2.47. The van der Waals surface area contributed by atoms with Crippen molar-refractivity contribution >= 4 is 0 Å². The first-order valence-electron chi connectivity index (χ1n) is 5.99. The molecule has 1 fully saturated rings. The van der Waals surface area contributed by atoms with Crippen LogP contribution in [0.1, 0.15) is 11.7 Å². The van der Waals surface area contributed by atoms with Gasteiger partial charge in [-0.05, 0) is 7.05 Å². The lowest BCUT2D eigenvalue weighted by Crippen LogP contribution is -2.48. The van der Waals surface area contributed by atoms with Crippen LogP contribution in [-0.2, 0) is 11.8 Å². The Balaban J connectivity index is 2.24. The van der Waals surface area contributed by atoms with Crippen LogP contribution in [0.25, 0.3) is 0 Å². The van der Waals surface area contributed by atoms with Gasteiger partial charge in [0.15, 0.2) is 5.75 Å². The molecule has 3 N–H and O–H groups in total. The number of methoxy groups -OCH3 is 1. The number of morpholine rings is 1. The summed E-state index contributed by atoms with van der Waals surface area (Å²) in [4.78, 5) is 2.22. The number of aromatic nitrogens is 2. The molecule has 1 saturated heterocycles. The molecule has 102 valence electrons. The lowest BCUT2D eigenvalue weighted by atomic mass is 10.1. The number of rotatable bonds is 4. The normalized spacial score (nSPS) is 23.0. The van der Waals surface area contributed by atoms with Crippen LogP contribution in [0.15, 0.2) is 6.20 Å². The number of hydrazine groups is 1. The Morgan fingerprint density at radius 1 is 1.61 bits per heavy atom. The van der Waals surface area contributed by atoms with Gasteiger partial charge >= 0.3 is 0 Å². The minimum Gasteiger partial charge on any atom is -0.493 e. The van der Waals surface area contributed by atoms with Gasteiger partial charge in [-0.2, -0.15) is 5.10 Å². The molecule has 0 saturated carbocycles. The van der Waals surface area contributed by atoms with Gasteiger partial charge in [-0.25, -0.2) is 5.43 Å². The van der Waals surface area contributed by atoms with E-state index in [2.05, 4.69) is 22.5 Å². The zero-order valence-electron chi connectivity index (χ0n) is 11.1. The Hall–Kier alpha value is -1.15. The molecule has 7 heteroatoms. The van der Waals surface area contributed by atoms with Crippen LogP contribution >= 0.6 is 0 Å². The maximum absolute atomic E-state index is 5.80. The predicted molar refractivity (Wildman–Crippen MR) is 67.1 cm³/mol. The number of hydrogen-bond donors (Lipinski definition) is 2. The molecule has 7 nitrogen and oxygen atoms in total. The molecule has 0 bridgehead atoms. The summed E-state index contributed by atoms with van der Waals surface area (Å²) < 4.78 is 12.9. The van der Waals surface area contributed by atoms with Crippen molar-refractivity contribution in [2.24, 2.45) is 12.9 Å². The number of nitrogens with two attached hydrogens (primary N) is 1. The van der Waals surface area contributed by atoms with Crippen LogP contribution < -0.4 is 16.0 Å². The van der Waals surface area contributed by atoms with E-state index >= 15 is 0 Å². The average Bonchev–Trinajstić information content (AvgIpc) is 2.72. The second-order valence-corrected chi connectivity index (χ2v) is 4.54. The number of likely N-dealkylation sites (N-methyl/N-ethyl adjacent to an activating group) is 1. The van der Waals surface area contributed by atoms with E-state index in [1.54, 1.807) is 18.0 Å². The predicted octanol–water partition coefficient (Wildman–Crippen LogP) is -0.736. The minimum atomic E-state index is -0.143. The molecule has 0 amide bonds. The van der Waals surface area contributed by atoms with Crippen LogP contribution in [0.5, 0.6) is 5.75 Å². The van der Waals surface area contributed by atoms with Crippen molar-refractivity contribution in [1.82, 2.24) is 20.1 Å². The van der Waals surface area contributed by atoms with Gasteiger partial charge in [0.2, 0.25) is 0 Å². The van der Waals surface area contributed by atoms with Crippen molar-refractivity contribution in [3.05, 3.63) is 11.9 Å². The van der Waals surface area contributed by atoms with Crippen molar-refractivity contribution in [2.75, 3.05) is 33.9 Å². The Morgan fingerprint density at radius 3 is 3.00 bits per heavy atom. The summed E-state index contributed by atoms with van der Waals surface area (Å²) in [6.07, 6.45) is 1.67. The lowest BCUT2D eigenvalue weighted by Gasteiger charge is -2.35. The highest BCUT2D eigenvalue weighted by molar-refractivity contribution is 5.29. The van der Waals surface area contributed by atoms with Crippen LogP contribution in [-0.4, -0.2) is 54.6 Å². The first-order valence-corrected chi connectivity index (χ1v) is 5.99. The summed E-state index contributed by atoms with van der Waals surface area (Å²) in [6, 6.07) is -0.143. The van der Waals surface area contributed by atoms with Crippen LogP contribution in [0.4, 0.5) is 0 Å². The number of nitrogens with one attached hydrogen (secondary N) is 1. The Bertz CT molecular complexity index is 395. The van der Waals surface area contributed by atoms with Crippen molar-refractivity contribution in [3.63, 3.8) is 0 Å². The first-order chi connectivity index (χ1) is 8.67. The van der Waals surface area contributed by atoms with Crippen LogP contribution in [0, 0.1) is 0 Å². The Morgan fingerprint density at radius 2 is 2.39 bits per heavy atom. The quantitative estimate of drug-likeness (QED) is 0.545. The molecule has 1 aliphatic heterocycles. The van der Waals surface area contributed by atoms with E-state index in [4.69, 9.17) is 15.3 Å². The molecule has 2 heterocycles. The summed E-state index contributed by atoms with van der Waals surface area (Å²) in [5.74, 6) is 6.41. The van der Waals surface area contributed by atoms with Crippen molar-refractivity contribution < 1.29 is 9.47 Å². The number of aryl methyl sites for hydroxylation is 1. The van der Waals surface area contributed by atoms with Crippen LogP contribution in [0.2, 0.25) is 0 Å². The summed E-state index contributed by atoms with van der Waals surface area (Å²) in [5.41, 5.74) is 3.72. The van der Waals surface area contributed by atoms with Gasteiger partial charge < -0.3 is 14.4 Å². The largest absolute Gasteiger partial charge is 0.493 e. The Labute approximate surface area is 107 Å². The van der Waals surface area contributed by atoms with Gasteiger partial charge in [-0.15, -0.1) is 0 Å². The van der Waals surface area contributed by atoms with Crippen molar-refractivity contribution in [1.29, 1.82) is 0 Å². The molecule has 1 aromatic rings. The lowest BCUT2D eigenvalue weighted by molar-refractivity contribution is -0.0409. The number of ether oxygens (including phenoxy) is 2. The molecule has 2 rings (SSSR count). The number of hydrogen-bond acceptors (Lipinski definition) is 6. The van der Waals surface area contributed by atoms with E-state index in [0.29, 0.717) is 6.61 Å². The molecule has 1 aromatic heterocycles. The fraction of sp³-hybridized carbons (Fsp3) is 0.727. The second-order valence-electron chi connectivity index (χ2n) is 4.54. The average molecular weight is 255 g/mol. The molecule has 0 radical (unpaired) electrons. The summed E-state index contributed by atoms with van der Waals surface area (Å²) in [5, 5.41) is 4.20. The van der Waals surface area contributed by atoms with Crippen molar-refractivity contribution in [3.8, 4) is 5.75 Å². The van der Waals surface area contributed by atoms with Gasteiger partial charge in [0, 0.05) is 20.1 Å². The monoisotopic (exact) mass is 255 g/mol. The van der Waals surface area contributed by atoms with Gasteiger partial charge in [0.25, 0.3) is 0 Å². The second kappa shape index (κ2) is 5.66. The van der Waals surface area contributed by atoms with E-state index in [0.717, 1.165) is 24.5 Å². The van der Waals surface area contributed by atoms with Gasteiger partial charge in [-0.3, -0.25) is 10.5 Å². The Kier molecular flexibility index (Phi) is 4.18. The molecule has 0 aromatic carbocycles. The molecule has 18 heavy (non-hydrogen) atoms. The minimum absolute atomic E-state index is 0.0157. The maximum Gasteiger partial charge on any atom is 0.161 e. The SMILES string of the molecule is COc1cnn(C)c1C(NN)C1CN(C)CCO1. The highest BCUT2D eigenvalue weighted by Crippen LogP contribution is 2.28. The van der Waals surface area contributed by atoms with Crippen LogP contribution in [0.3, 0.4) is 0 Å². The standard InChI is InChI=1S/C11H21N5O2/c1-15-4-5-18-9(7-15)10(14-12)11-8(17-3)6-13-16(11)2/h6,9-10,14H,4-5,7,12H2,1-3H3. The molecular weight excluding hydrogens is 234 g/mol. The number of nitrogens with zero attached hydrogens (tertiary/aromatic N) is 3. The highest BCUT2D eigenvalue weighted by atomic mass is 16.5. The smallest absolute Gasteiger partial charge is 0.161 e.